The number of carbonyl (C=O) groups is 1. The summed E-state index contributed by atoms with van der Waals surface area (Å²) >= 11 is 0. The van der Waals surface area contributed by atoms with Crippen LogP contribution in [0, 0.1) is 11.8 Å². The lowest BCUT2D eigenvalue weighted by atomic mass is 10.0. The number of amides is 1. The average Bonchev–Trinajstić information content (AvgIpc) is 2.15. The largest absolute Gasteiger partial charge is 0.346 e. The van der Waals surface area contributed by atoms with Crippen molar-refractivity contribution in [2.45, 2.75) is 59.8 Å². The van der Waals surface area contributed by atoms with Gasteiger partial charge in [-0.25, -0.2) is 0 Å². The fourth-order valence-corrected chi connectivity index (χ4v) is 1.85. The highest BCUT2D eigenvalue weighted by Crippen LogP contribution is 2.10. The van der Waals surface area contributed by atoms with E-state index in [1.165, 1.54) is 19.3 Å². The van der Waals surface area contributed by atoms with Crippen LogP contribution < -0.4 is 0 Å². The lowest BCUT2D eigenvalue weighted by Crippen LogP contribution is -2.29. The molecule has 96 valence electrons. The Labute approximate surface area is 101 Å². The molecular formula is C14H29NO. The third-order valence-electron chi connectivity index (χ3n) is 2.74. The van der Waals surface area contributed by atoms with Crippen LogP contribution in [-0.4, -0.2) is 24.4 Å². The van der Waals surface area contributed by atoms with E-state index in [9.17, 15) is 4.79 Å². The summed E-state index contributed by atoms with van der Waals surface area (Å²) in [4.78, 5) is 13.6. The Morgan fingerprint density at radius 1 is 1.00 bits per heavy atom. The summed E-state index contributed by atoms with van der Waals surface area (Å²) in [5.74, 6) is 1.66. The van der Waals surface area contributed by atoms with Gasteiger partial charge in [-0.1, -0.05) is 47.0 Å². The molecule has 1 amide bonds. The van der Waals surface area contributed by atoms with Gasteiger partial charge in [-0.15, -0.1) is 0 Å². The van der Waals surface area contributed by atoms with Crippen LogP contribution >= 0.6 is 0 Å². The minimum atomic E-state index is 0.304. The van der Waals surface area contributed by atoms with E-state index in [1.54, 1.807) is 0 Å². The SMILES string of the molecule is CC(C)CCCCCC(=O)N(C)CC(C)C. The summed E-state index contributed by atoms with van der Waals surface area (Å²) in [5.41, 5.74) is 0. The third-order valence-corrected chi connectivity index (χ3v) is 2.74. The Balaban J connectivity index is 3.50. The van der Waals surface area contributed by atoms with Gasteiger partial charge in [0.15, 0.2) is 0 Å². The Morgan fingerprint density at radius 3 is 2.12 bits per heavy atom. The van der Waals surface area contributed by atoms with E-state index in [2.05, 4.69) is 27.7 Å². The van der Waals surface area contributed by atoms with Crippen molar-refractivity contribution >= 4 is 5.91 Å². The monoisotopic (exact) mass is 227 g/mol. The lowest BCUT2D eigenvalue weighted by molar-refractivity contribution is -0.130. The summed E-state index contributed by atoms with van der Waals surface area (Å²) in [6.07, 6.45) is 5.52. The number of carbonyl (C=O) groups excluding carboxylic acids is 1. The molecule has 0 bridgehead atoms. The first kappa shape index (κ1) is 15.5. The van der Waals surface area contributed by atoms with E-state index in [0.29, 0.717) is 11.8 Å². The summed E-state index contributed by atoms with van der Waals surface area (Å²) in [5, 5.41) is 0. The van der Waals surface area contributed by atoms with E-state index in [-0.39, 0.29) is 0 Å². The molecule has 0 heterocycles. The molecule has 0 fully saturated rings. The molecule has 0 atom stereocenters. The van der Waals surface area contributed by atoms with Crippen molar-refractivity contribution < 1.29 is 4.79 Å². The van der Waals surface area contributed by atoms with Crippen molar-refractivity contribution in [3.63, 3.8) is 0 Å². The molecule has 0 aromatic carbocycles. The maximum Gasteiger partial charge on any atom is 0.222 e. The predicted molar refractivity (Wildman–Crippen MR) is 70.4 cm³/mol. The number of nitrogens with zero attached hydrogens (tertiary/aromatic N) is 1. The Bertz CT molecular complexity index is 187. The molecule has 0 unspecified atom stereocenters. The Hall–Kier alpha value is -0.530. The van der Waals surface area contributed by atoms with Crippen LogP contribution in [0.5, 0.6) is 0 Å². The molecule has 0 aliphatic rings. The van der Waals surface area contributed by atoms with E-state index in [4.69, 9.17) is 0 Å². The molecule has 0 radical (unpaired) electrons. The third kappa shape index (κ3) is 8.75. The number of hydrogen-bond acceptors (Lipinski definition) is 1. The first-order valence-electron chi connectivity index (χ1n) is 6.67. The van der Waals surface area contributed by atoms with Crippen molar-refractivity contribution in [2.75, 3.05) is 13.6 Å². The van der Waals surface area contributed by atoms with Gasteiger partial charge in [0.25, 0.3) is 0 Å². The zero-order chi connectivity index (χ0) is 12.6. The molecule has 0 saturated heterocycles. The van der Waals surface area contributed by atoms with Crippen LogP contribution in [0.4, 0.5) is 0 Å². The maximum atomic E-state index is 11.7. The second kappa shape index (κ2) is 8.60. The number of unbranched alkanes of at least 4 members (excludes halogenated alkanes) is 2. The van der Waals surface area contributed by atoms with E-state index < -0.39 is 0 Å². The predicted octanol–water partition coefficient (Wildman–Crippen LogP) is 3.71. The molecule has 0 spiro atoms. The standard InChI is InChI=1S/C14H29NO/c1-12(2)9-7-6-8-10-14(16)15(5)11-13(3)4/h12-13H,6-11H2,1-5H3. The van der Waals surface area contributed by atoms with E-state index >= 15 is 0 Å². The van der Waals surface area contributed by atoms with E-state index in [1.807, 2.05) is 11.9 Å². The highest BCUT2D eigenvalue weighted by molar-refractivity contribution is 5.75. The summed E-state index contributed by atoms with van der Waals surface area (Å²) in [6.45, 7) is 9.67. The molecule has 0 N–H and O–H groups in total. The highest BCUT2D eigenvalue weighted by Gasteiger charge is 2.09. The normalized spacial score (nSPS) is 11.2. The number of hydrogen-bond donors (Lipinski definition) is 0. The molecule has 0 aliphatic heterocycles. The second-order valence-corrected chi connectivity index (χ2v) is 5.66. The summed E-state index contributed by atoms with van der Waals surface area (Å²) < 4.78 is 0. The zero-order valence-electron chi connectivity index (χ0n) is 11.8. The molecule has 0 rings (SSSR count). The van der Waals surface area contributed by atoms with Crippen LogP contribution in [0.25, 0.3) is 0 Å². The Kier molecular flexibility index (Phi) is 8.32. The van der Waals surface area contributed by atoms with Gasteiger partial charge in [-0.2, -0.15) is 0 Å². The van der Waals surface area contributed by atoms with Crippen molar-refractivity contribution in [2.24, 2.45) is 11.8 Å². The summed E-state index contributed by atoms with van der Waals surface area (Å²) in [7, 11) is 1.91. The molecule has 2 nitrogen and oxygen atoms in total. The second-order valence-electron chi connectivity index (χ2n) is 5.66. The molecule has 0 aromatic rings. The maximum absolute atomic E-state index is 11.7. The van der Waals surface area contributed by atoms with Crippen molar-refractivity contribution in [3.05, 3.63) is 0 Å². The fraction of sp³-hybridized carbons (Fsp3) is 0.929. The van der Waals surface area contributed by atoms with Gasteiger partial charge in [0.1, 0.15) is 0 Å². The van der Waals surface area contributed by atoms with Crippen LogP contribution in [0.15, 0.2) is 0 Å². The van der Waals surface area contributed by atoms with E-state index in [0.717, 1.165) is 25.3 Å². The lowest BCUT2D eigenvalue weighted by Gasteiger charge is -2.19. The fourth-order valence-electron chi connectivity index (χ4n) is 1.85. The first-order chi connectivity index (χ1) is 7.43. The molecule has 0 aliphatic carbocycles. The minimum Gasteiger partial charge on any atom is -0.346 e. The van der Waals surface area contributed by atoms with Crippen LogP contribution in [-0.2, 0) is 4.79 Å². The number of rotatable bonds is 8. The highest BCUT2D eigenvalue weighted by atomic mass is 16.2. The van der Waals surface area contributed by atoms with Crippen molar-refractivity contribution in [1.82, 2.24) is 4.90 Å². The van der Waals surface area contributed by atoms with Gasteiger partial charge >= 0.3 is 0 Å². The van der Waals surface area contributed by atoms with Crippen molar-refractivity contribution in [1.29, 1.82) is 0 Å². The van der Waals surface area contributed by atoms with Gasteiger partial charge in [0.2, 0.25) is 5.91 Å². The molecule has 2 heteroatoms. The minimum absolute atomic E-state index is 0.304. The van der Waals surface area contributed by atoms with Gasteiger partial charge in [0.05, 0.1) is 0 Å². The van der Waals surface area contributed by atoms with Crippen molar-refractivity contribution in [3.8, 4) is 0 Å². The smallest absolute Gasteiger partial charge is 0.222 e. The van der Waals surface area contributed by atoms with Gasteiger partial charge in [-0.05, 0) is 18.3 Å². The van der Waals surface area contributed by atoms with Crippen LogP contribution in [0.3, 0.4) is 0 Å². The summed E-state index contributed by atoms with van der Waals surface area (Å²) in [6, 6.07) is 0. The Morgan fingerprint density at radius 2 is 1.62 bits per heavy atom. The van der Waals surface area contributed by atoms with Gasteiger partial charge in [0, 0.05) is 20.0 Å². The van der Waals surface area contributed by atoms with Crippen LogP contribution in [0.2, 0.25) is 0 Å². The first-order valence-corrected chi connectivity index (χ1v) is 6.67. The quantitative estimate of drug-likeness (QED) is 0.579. The topological polar surface area (TPSA) is 20.3 Å². The van der Waals surface area contributed by atoms with Crippen LogP contribution in [0.1, 0.15) is 59.8 Å². The van der Waals surface area contributed by atoms with Gasteiger partial charge in [-0.3, -0.25) is 4.79 Å². The molecule has 16 heavy (non-hydrogen) atoms. The molecule has 0 saturated carbocycles. The molecular weight excluding hydrogens is 198 g/mol. The zero-order valence-corrected chi connectivity index (χ0v) is 11.8. The average molecular weight is 227 g/mol. The van der Waals surface area contributed by atoms with Gasteiger partial charge < -0.3 is 4.90 Å². The molecule has 0 aromatic heterocycles.